The number of carbonyl (C=O) groups excluding carboxylic acids is 1. The number of carbonyl (C=O) groups is 1. The summed E-state index contributed by atoms with van der Waals surface area (Å²) in [6.45, 7) is 9.86. The van der Waals surface area contributed by atoms with Gasteiger partial charge < -0.3 is 19.9 Å². The van der Waals surface area contributed by atoms with Crippen molar-refractivity contribution in [1.29, 1.82) is 0 Å². The van der Waals surface area contributed by atoms with E-state index in [2.05, 4.69) is 54.2 Å². The van der Waals surface area contributed by atoms with Gasteiger partial charge in [-0.3, -0.25) is 9.79 Å². The highest BCUT2D eigenvalue weighted by molar-refractivity contribution is 5.86. The zero-order chi connectivity index (χ0) is 20.1. The van der Waals surface area contributed by atoms with Crippen LogP contribution < -0.4 is 5.32 Å². The van der Waals surface area contributed by atoms with Crippen LogP contribution in [0.5, 0.6) is 0 Å². The Kier molecular flexibility index (Phi) is 6.60. The van der Waals surface area contributed by atoms with Crippen LogP contribution in [-0.2, 0) is 22.5 Å². The Labute approximate surface area is 168 Å². The first-order valence-corrected chi connectivity index (χ1v) is 10.3. The number of guanidine groups is 1. The molecule has 0 unspecified atom stereocenters. The van der Waals surface area contributed by atoms with Crippen LogP contribution in [0, 0.1) is 0 Å². The molecule has 1 N–H and O–H groups in total. The lowest BCUT2D eigenvalue weighted by molar-refractivity contribution is -0.130. The van der Waals surface area contributed by atoms with Gasteiger partial charge in [0.05, 0.1) is 18.2 Å². The van der Waals surface area contributed by atoms with Gasteiger partial charge in [-0.25, -0.2) is 0 Å². The number of hydrogen-bond acceptors (Lipinski definition) is 3. The minimum absolute atomic E-state index is 0.105. The van der Waals surface area contributed by atoms with E-state index in [9.17, 15) is 4.79 Å². The maximum absolute atomic E-state index is 12.7. The molecular formula is C22H34N4O2. The van der Waals surface area contributed by atoms with Crippen LogP contribution in [0.15, 0.2) is 29.3 Å². The monoisotopic (exact) mass is 386 g/mol. The molecule has 0 spiro atoms. The Balaban J connectivity index is 1.46. The molecule has 2 heterocycles. The molecule has 1 saturated heterocycles. The molecule has 28 heavy (non-hydrogen) atoms. The van der Waals surface area contributed by atoms with Gasteiger partial charge in [-0.1, -0.05) is 24.3 Å². The molecule has 6 heteroatoms. The normalized spacial score (nSPS) is 18.8. The van der Waals surface area contributed by atoms with Gasteiger partial charge in [0.15, 0.2) is 5.96 Å². The summed E-state index contributed by atoms with van der Waals surface area (Å²) in [7, 11) is 1.78. The van der Waals surface area contributed by atoms with Crippen molar-refractivity contribution < 1.29 is 9.53 Å². The van der Waals surface area contributed by atoms with E-state index >= 15 is 0 Å². The molecule has 0 radical (unpaired) electrons. The Morgan fingerprint density at radius 3 is 2.46 bits per heavy atom. The second kappa shape index (κ2) is 8.95. The van der Waals surface area contributed by atoms with Gasteiger partial charge in [0.2, 0.25) is 5.91 Å². The summed E-state index contributed by atoms with van der Waals surface area (Å²) in [5.41, 5.74) is 2.51. The lowest BCUT2D eigenvalue weighted by atomic mass is 10.00. The molecular weight excluding hydrogens is 352 g/mol. The molecule has 1 amide bonds. The molecule has 1 fully saturated rings. The fraction of sp³-hybridized carbons (Fsp3) is 0.636. The van der Waals surface area contributed by atoms with Gasteiger partial charge in [0, 0.05) is 33.2 Å². The number of nitrogens with zero attached hydrogens (tertiary/aromatic N) is 3. The van der Waals surface area contributed by atoms with Crippen molar-refractivity contribution in [2.75, 3.05) is 33.2 Å². The summed E-state index contributed by atoms with van der Waals surface area (Å²) in [5, 5.41) is 3.27. The van der Waals surface area contributed by atoms with Crippen LogP contribution in [-0.4, -0.2) is 66.6 Å². The molecule has 0 aromatic heterocycles. The third-order valence-electron chi connectivity index (χ3n) is 5.35. The largest absolute Gasteiger partial charge is 0.372 e. The summed E-state index contributed by atoms with van der Waals surface area (Å²) in [4.78, 5) is 21.2. The Hall–Kier alpha value is -2.08. The minimum Gasteiger partial charge on any atom is -0.372 e. The number of hydrogen-bond donors (Lipinski definition) is 1. The van der Waals surface area contributed by atoms with Crippen molar-refractivity contribution in [3.63, 3.8) is 0 Å². The SMILES string of the molecule is CN=C(NCC(=O)N1CCc2ccccc2C1)N1CCC(OC(C)(C)C)CC1. The van der Waals surface area contributed by atoms with E-state index in [4.69, 9.17) is 4.74 Å². The van der Waals surface area contributed by atoms with Crippen LogP contribution in [0.4, 0.5) is 0 Å². The lowest BCUT2D eigenvalue weighted by Gasteiger charge is -2.37. The number of aliphatic imine (C=N–C) groups is 1. The van der Waals surface area contributed by atoms with Crippen LogP contribution in [0.3, 0.4) is 0 Å². The van der Waals surface area contributed by atoms with E-state index in [0.29, 0.717) is 12.6 Å². The van der Waals surface area contributed by atoms with Gasteiger partial charge >= 0.3 is 0 Å². The fourth-order valence-corrected chi connectivity index (χ4v) is 3.99. The van der Waals surface area contributed by atoms with Crippen LogP contribution in [0.25, 0.3) is 0 Å². The van der Waals surface area contributed by atoms with E-state index < -0.39 is 0 Å². The minimum atomic E-state index is -0.105. The lowest BCUT2D eigenvalue weighted by Crippen LogP contribution is -2.50. The highest BCUT2D eigenvalue weighted by Crippen LogP contribution is 2.20. The maximum Gasteiger partial charge on any atom is 0.242 e. The van der Waals surface area contributed by atoms with Crippen molar-refractivity contribution >= 4 is 11.9 Å². The molecule has 0 aliphatic carbocycles. The number of likely N-dealkylation sites (tertiary alicyclic amines) is 1. The summed E-state index contributed by atoms with van der Waals surface area (Å²) >= 11 is 0. The Morgan fingerprint density at radius 2 is 1.82 bits per heavy atom. The van der Waals surface area contributed by atoms with E-state index in [0.717, 1.165) is 44.9 Å². The average molecular weight is 387 g/mol. The maximum atomic E-state index is 12.7. The van der Waals surface area contributed by atoms with Crippen LogP contribution in [0.2, 0.25) is 0 Å². The first-order chi connectivity index (χ1) is 13.4. The molecule has 2 aliphatic heterocycles. The zero-order valence-electron chi connectivity index (χ0n) is 17.7. The molecule has 0 saturated carbocycles. The molecule has 6 nitrogen and oxygen atoms in total. The molecule has 0 bridgehead atoms. The second-order valence-corrected chi connectivity index (χ2v) is 8.65. The predicted molar refractivity (Wildman–Crippen MR) is 112 cm³/mol. The van der Waals surface area contributed by atoms with E-state index in [1.807, 2.05) is 11.0 Å². The molecule has 2 aliphatic rings. The van der Waals surface area contributed by atoms with E-state index in [1.54, 1.807) is 7.05 Å². The van der Waals surface area contributed by atoms with Crippen molar-refractivity contribution in [2.45, 2.75) is 58.3 Å². The number of piperidine rings is 1. The first-order valence-electron chi connectivity index (χ1n) is 10.3. The van der Waals surface area contributed by atoms with Gasteiger partial charge in [-0.05, 0) is 51.2 Å². The van der Waals surface area contributed by atoms with E-state index in [-0.39, 0.29) is 18.1 Å². The average Bonchev–Trinajstić information content (AvgIpc) is 2.68. The number of fused-ring (bicyclic) bond motifs is 1. The molecule has 1 aromatic carbocycles. The first kappa shape index (κ1) is 20.6. The summed E-state index contributed by atoms with van der Waals surface area (Å²) in [6, 6.07) is 8.38. The zero-order valence-corrected chi connectivity index (χ0v) is 17.7. The van der Waals surface area contributed by atoms with Gasteiger partial charge in [0.25, 0.3) is 0 Å². The summed E-state index contributed by atoms with van der Waals surface area (Å²) in [5.74, 6) is 0.932. The topological polar surface area (TPSA) is 57.2 Å². The van der Waals surface area contributed by atoms with Crippen LogP contribution in [0.1, 0.15) is 44.7 Å². The highest BCUT2D eigenvalue weighted by Gasteiger charge is 2.26. The highest BCUT2D eigenvalue weighted by atomic mass is 16.5. The van der Waals surface area contributed by atoms with Crippen molar-refractivity contribution in [2.24, 2.45) is 4.99 Å². The molecule has 154 valence electrons. The van der Waals surface area contributed by atoms with Gasteiger partial charge in [0.1, 0.15) is 0 Å². The number of ether oxygens (including phenoxy) is 1. The van der Waals surface area contributed by atoms with Crippen molar-refractivity contribution in [3.8, 4) is 0 Å². The molecule has 1 aromatic rings. The smallest absolute Gasteiger partial charge is 0.242 e. The van der Waals surface area contributed by atoms with Gasteiger partial charge in [-0.2, -0.15) is 0 Å². The molecule has 0 atom stereocenters. The third kappa shape index (κ3) is 5.47. The second-order valence-electron chi connectivity index (χ2n) is 8.65. The number of amides is 1. The van der Waals surface area contributed by atoms with E-state index in [1.165, 1.54) is 11.1 Å². The quantitative estimate of drug-likeness (QED) is 0.640. The van der Waals surface area contributed by atoms with Gasteiger partial charge in [-0.15, -0.1) is 0 Å². The molecule has 3 rings (SSSR count). The predicted octanol–water partition coefficient (Wildman–Crippen LogP) is 2.43. The number of benzene rings is 1. The standard InChI is InChI=1S/C22H34N4O2/c1-22(2,3)28-19-10-13-25(14-11-19)21(23-4)24-15-20(27)26-12-9-17-7-5-6-8-18(17)16-26/h5-8,19H,9-16H2,1-4H3,(H,23,24). The van der Waals surface area contributed by atoms with Crippen LogP contribution >= 0.6 is 0 Å². The van der Waals surface area contributed by atoms with Crippen molar-refractivity contribution in [1.82, 2.24) is 15.1 Å². The Morgan fingerprint density at radius 1 is 1.14 bits per heavy atom. The number of nitrogens with one attached hydrogen (secondary N) is 1. The fourth-order valence-electron chi connectivity index (χ4n) is 3.99. The third-order valence-corrected chi connectivity index (χ3v) is 5.35. The van der Waals surface area contributed by atoms with Crippen molar-refractivity contribution in [3.05, 3.63) is 35.4 Å². The summed E-state index contributed by atoms with van der Waals surface area (Å²) < 4.78 is 6.10. The number of rotatable bonds is 3. The Bertz CT molecular complexity index is 703. The summed E-state index contributed by atoms with van der Waals surface area (Å²) in [6.07, 6.45) is 3.19.